The zero-order valence-electron chi connectivity index (χ0n) is 15.4. The zero-order chi connectivity index (χ0) is 20.8. The maximum atomic E-state index is 13.7. The standard InChI is InChI=1S/C22H18FN3O3/c1-2-13-24-20(27)18-7-5-14-26(22(18)29)16-11-9-15(10-12-16)25-21(28)17-6-3-4-8-19(17)23/h2-12,14H,1,13H2,(H,24,27)(H,25,28). The minimum absolute atomic E-state index is 0.00582. The van der Waals surface area contributed by atoms with Gasteiger partial charge in [-0.05, 0) is 48.5 Å². The number of aromatic nitrogens is 1. The molecule has 2 N–H and O–H groups in total. The summed E-state index contributed by atoms with van der Waals surface area (Å²) >= 11 is 0. The fourth-order valence-electron chi connectivity index (χ4n) is 2.68. The topological polar surface area (TPSA) is 80.2 Å². The van der Waals surface area contributed by atoms with Gasteiger partial charge in [-0.25, -0.2) is 4.39 Å². The summed E-state index contributed by atoms with van der Waals surface area (Å²) in [6.45, 7) is 3.77. The van der Waals surface area contributed by atoms with Crippen LogP contribution >= 0.6 is 0 Å². The van der Waals surface area contributed by atoms with Crippen molar-refractivity contribution in [1.82, 2.24) is 9.88 Å². The third-order valence-corrected chi connectivity index (χ3v) is 4.12. The SMILES string of the molecule is C=CCNC(=O)c1cccn(-c2ccc(NC(=O)c3ccccc3F)cc2)c1=O. The molecule has 0 aliphatic rings. The van der Waals surface area contributed by atoms with Gasteiger partial charge in [0.15, 0.2) is 0 Å². The molecule has 3 aromatic rings. The number of nitrogens with zero attached hydrogens (tertiary/aromatic N) is 1. The van der Waals surface area contributed by atoms with Crippen molar-refractivity contribution in [2.45, 2.75) is 0 Å². The van der Waals surface area contributed by atoms with E-state index in [1.807, 2.05) is 0 Å². The normalized spacial score (nSPS) is 10.2. The lowest BCUT2D eigenvalue weighted by atomic mass is 10.2. The highest BCUT2D eigenvalue weighted by Gasteiger charge is 2.13. The average Bonchev–Trinajstić information content (AvgIpc) is 2.73. The lowest BCUT2D eigenvalue weighted by Crippen LogP contribution is -2.32. The van der Waals surface area contributed by atoms with Crippen LogP contribution in [-0.4, -0.2) is 22.9 Å². The Morgan fingerprint density at radius 3 is 2.34 bits per heavy atom. The first-order valence-corrected chi connectivity index (χ1v) is 8.78. The Kier molecular flexibility index (Phi) is 5.99. The van der Waals surface area contributed by atoms with E-state index in [0.717, 1.165) is 0 Å². The molecular weight excluding hydrogens is 373 g/mol. The molecule has 0 fully saturated rings. The van der Waals surface area contributed by atoms with Crippen LogP contribution in [0, 0.1) is 5.82 Å². The second kappa shape index (κ2) is 8.79. The molecule has 0 saturated heterocycles. The monoisotopic (exact) mass is 391 g/mol. The molecule has 7 heteroatoms. The van der Waals surface area contributed by atoms with Gasteiger partial charge >= 0.3 is 0 Å². The van der Waals surface area contributed by atoms with Gasteiger partial charge in [-0.2, -0.15) is 0 Å². The summed E-state index contributed by atoms with van der Waals surface area (Å²) in [6.07, 6.45) is 3.06. The summed E-state index contributed by atoms with van der Waals surface area (Å²) in [5.41, 5.74) is 0.418. The first kappa shape index (κ1) is 19.8. The van der Waals surface area contributed by atoms with Gasteiger partial charge < -0.3 is 10.6 Å². The summed E-state index contributed by atoms with van der Waals surface area (Å²) in [5.74, 6) is -1.67. The second-order valence-electron chi connectivity index (χ2n) is 6.08. The van der Waals surface area contributed by atoms with E-state index in [-0.39, 0.29) is 17.7 Å². The molecule has 0 atom stereocenters. The number of carbonyl (C=O) groups is 2. The van der Waals surface area contributed by atoms with Crippen LogP contribution in [0.5, 0.6) is 0 Å². The highest BCUT2D eigenvalue weighted by Crippen LogP contribution is 2.15. The van der Waals surface area contributed by atoms with Crippen LogP contribution in [0.3, 0.4) is 0 Å². The third kappa shape index (κ3) is 4.47. The predicted molar refractivity (Wildman–Crippen MR) is 109 cm³/mol. The van der Waals surface area contributed by atoms with E-state index in [2.05, 4.69) is 17.2 Å². The van der Waals surface area contributed by atoms with E-state index < -0.39 is 23.2 Å². The van der Waals surface area contributed by atoms with Gasteiger partial charge in [0.2, 0.25) is 0 Å². The molecule has 1 aromatic heterocycles. The molecule has 2 amide bonds. The van der Waals surface area contributed by atoms with Crippen LogP contribution in [0.1, 0.15) is 20.7 Å². The Hall–Kier alpha value is -4.00. The van der Waals surface area contributed by atoms with Crippen molar-refractivity contribution in [2.24, 2.45) is 0 Å². The number of carbonyl (C=O) groups excluding carboxylic acids is 2. The number of pyridine rings is 1. The fraction of sp³-hybridized carbons (Fsp3) is 0.0455. The Balaban J connectivity index is 1.81. The molecule has 6 nitrogen and oxygen atoms in total. The van der Waals surface area contributed by atoms with Crippen molar-refractivity contribution in [3.63, 3.8) is 0 Å². The minimum atomic E-state index is -0.611. The lowest BCUT2D eigenvalue weighted by Gasteiger charge is -2.10. The van der Waals surface area contributed by atoms with E-state index in [1.165, 1.54) is 34.9 Å². The first-order chi connectivity index (χ1) is 14.0. The number of hydrogen-bond donors (Lipinski definition) is 2. The highest BCUT2D eigenvalue weighted by atomic mass is 19.1. The summed E-state index contributed by atoms with van der Waals surface area (Å²) in [7, 11) is 0. The number of halogens is 1. The molecule has 0 aliphatic carbocycles. The quantitative estimate of drug-likeness (QED) is 0.634. The molecule has 29 heavy (non-hydrogen) atoms. The predicted octanol–water partition coefficient (Wildman–Crippen LogP) is 3.14. The van der Waals surface area contributed by atoms with Crippen molar-refractivity contribution in [3.05, 3.63) is 107 Å². The second-order valence-corrected chi connectivity index (χ2v) is 6.08. The molecule has 3 rings (SSSR count). The van der Waals surface area contributed by atoms with Crippen LogP contribution in [0.4, 0.5) is 10.1 Å². The van der Waals surface area contributed by atoms with Gasteiger partial charge in [-0.3, -0.25) is 19.0 Å². The number of anilines is 1. The Morgan fingerprint density at radius 2 is 1.66 bits per heavy atom. The van der Waals surface area contributed by atoms with Crippen molar-refractivity contribution in [1.29, 1.82) is 0 Å². The van der Waals surface area contributed by atoms with Gasteiger partial charge in [-0.1, -0.05) is 18.2 Å². The van der Waals surface area contributed by atoms with Gasteiger partial charge in [0.1, 0.15) is 11.4 Å². The van der Waals surface area contributed by atoms with Crippen LogP contribution in [0.25, 0.3) is 5.69 Å². The number of hydrogen-bond acceptors (Lipinski definition) is 3. The lowest BCUT2D eigenvalue weighted by molar-refractivity contribution is 0.0955. The molecule has 0 radical (unpaired) electrons. The number of benzene rings is 2. The molecular formula is C22H18FN3O3. The molecule has 1 heterocycles. The van der Waals surface area contributed by atoms with Crippen molar-refractivity contribution in [3.8, 4) is 5.69 Å². The number of rotatable bonds is 6. The Labute approximate surface area is 166 Å². The van der Waals surface area contributed by atoms with Gasteiger partial charge in [0.05, 0.1) is 5.56 Å². The zero-order valence-corrected chi connectivity index (χ0v) is 15.4. The third-order valence-electron chi connectivity index (χ3n) is 4.12. The Morgan fingerprint density at radius 1 is 0.966 bits per heavy atom. The smallest absolute Gasteiger partial charge is 0.267 e. The van der Waals surface area contributed by atoms with Gasteiger partial charge in [0.25, 0.3) is 17.4 Å². The van der Waals surface area contributed by atoms with Crippen LogP contribution < -0.4 is 16.2 Å². The number of amides is 2. The van der Waals surface area contributed by atoms with Crippen molar-refractivity contribution < 1.29 is 14.0 Å². The summed E-state index contributed by atoms with van der Waals surface area (Å²) < 4.78 is 15.0. The van der Waals surface area contributed by atoms with Crippen LogP contribution in [-0.2, 0) is 0 Å². The molecule has 0 aliphatic heterocycles. The summed E-state index contributed by atoms with van der Waals surface area (Å²) in [5, 5.41) is 5.18. The van der Waals surface area contributed by atoms with Gasteiger partial charge in [0, 0.05) is 24.1 Å². The molecule has 0 bridgehead atoms. The molecule has 2 aromatic carbocycles. The van der Waals surface area contributed by atoms with E-state index in [9.17, 15) is 18.8 Å². The maximum Gasteiger partial charge on any atom is 0.267 e. The molecule has 0 spiro atoms. The van der Waals surface area contributed by atoms with E-state index in [1.54, 1.807) is 42.6 Å². The fourth-order valence-corrected chi connectivity index (χ4v) is 2.68. The average molecular weight is 391 g/mol. The highest BCUT2D eigenvalue weighted by molar-refractivity contribution is 6.04. The maximum absolute atomic E-state index is 13.7. The molecule has 0 unspecified atom stereocenters. The molecule has 0 saturated carbocycles. The Bertz CT molecular complexity index is 1120. The van der Waals surface area contributed by atoms with Crippen LogP contribution in [0.15, 0.2) is 84.3 Å². The summed E-state index contributed by atoms with van der Waals surface area (Å²) in [6, 6.07) is 15.1. The van der Waals surface area contributed by atoms with Crippen molar-refractivity contribution >= 4 is 17.5 Å². The van der Waals surface area contributed by atoms with Gasteiger partial charge in [-0.15, -0.1) is 6.58 Å². The largest absolute Gasteiger partial charge is 0.348 e. The number of nitrogens with one attached hydrogen (secondary N) is 2. The minimum Gasteiger partial charge on any atom is -0.348 e. The van der Waals surface area contributed by atoms with E-state index in [0.29, 0.717) is 11.4 Å². The van der Waals surface area contributed by atoms with Crippen molar-refractivity contribution in [2.75, 3.05) is 11.9 Å². The van der Waals surface area contributed by atoms with Crippen LogP contribution in [0.2, 0.25) is 0 Å². The van der Waals surface area contributed by atoms with E-state index >= 15 is 0 Å². The first-order valence-electron chi connectivity index (χ1n) is 8.78. The molecule has 146 valence electrons. The summed E-state index contributed by atoms with van der Waals surface area (Å²) in [4.78, 5) is 36.9. The van der Waals surface area contributed by atoms with E-state index in [4.69, 9.17) is 0 Å².